The molecule has 0 radical (unpaired) electrons. The number of piperidine rings is 1. The highest BCUT2D eigenvalue weighted by atomic mass is 32.2. The monoisotopic (exact) mass is 648 g/mol. The van der Waals surface area contributed by atoms with Crippen molar-refractivity contribution in [1.29, 1.82) is 0 Å². The molecule has 0 unspecified atom stereocenters. The molecule has 2 aliphatic heterocycles. The van der Waals surface area contributed by atoms with E-state index in [-0.39, 0.29) is 60.5 Å². The van der Waals surface area contributed by atoms with Crippen LogP contribution in [0.1, 0.15) is 37.3 Å². The molecule has 9 nitrogen and oxygen atoms in total. The second-order valence-electron chi connectivity index (χ2n) is 10.00. The number of benzene rings is 2. The van der Waals surface area contributed by atoms with Gasteiger partial charge in [-0.25, -0.2) is 17.2 Å². The fourth-order valence-electron chi connectivity index (χ4n) is 4.66. The zero-order chi connectivity index (χ0) is 31.4. The number of ether oxygens (including phenoxy) is 1. The molecule has 2 N–H and O–H groups in total. The minimum Gasteiger partial charge on any atom is -0.406 e. The molecule has 0 spiro atoms. The lowest BCUT2D eigenvalue weighted by Gasteiger charge is -2.37. The number of nitrogens with zero attached hydrogens (tertiary/aromatic N) is 2. The summed E-state index contributed by atoms with van der Waals surface area (Å²) in [4.78, 5) is 28.9. The summed E-state index contributed by atoms with van der Waals surface area (Å²) in [5.41, 5.74) is 0.355. The van der Waals surface area contributed by atoms with Gasteiger partial charge in [0.15, 0.2) is 5.17 Å². The summed E-state index contributed by atoms with van der Waals surface area (Å²) in [6, 6.07) is 7.93. The first-order valence-electron chi connectivity index (χ1n) is 13.3. The third-order valence-electron chi connectivity index (χ3n) is 6.99. The van der Waals surface area contributed by atoms with Crippen LogP contribution in [0.15, 0.2) is 58.4 Å². The van der Waals surface area contributed by atoms with Crippen LogP contribution in [-0.2, 0) is 32.1 Å². The third-order valence-corrected chi connectivity index (χ3v) is 9.83. The standard InChI is InChI=1S/C27H29F5N4O5S2/c1-2-26(28,29)19-5-3-17(4-6-19)14-33-24(38)22-13-18(15-34-25-35-23(37)16-42-25)11-12-36(22)43(39,40)21-9-7-20(8-10-21)41-27(30,31)32/h3-10,18,22H,2,11-16H2,1H3,(H,33,38)(H,34,35,37)/t18-,22-/m1/s1. The predicted octanol–water partition coefficient (Wildman–Crippen LogP) is 4.39. The lowest BCUT2D eigenvalue weighted by atomic mass is 9.92. The van der Waals surface area contributed by atoms with Gasteiger partial charge in [0.25, 0.3) is 5.92 Å². The Morgan fingerprint density at radius 3 is 2.37 bits per heavy atom. The Bertz CT molecular complexity index is 1450. The molecule has 2 atom stereocenters. The Labute approximate surface area is 249 Å². The Morgan fingerprint density at radius 1 is 1.12 bits per heavy atom. The van der Waals surface area contributed by atoms with Crippen molar-refractivity contribution in [2.75, 3.05) is 18.8 Å². The lowest BCUT2D eigenvalue weighted by Crippen LogP contribution is -2.53. The average Bonchev–Trinajstić information content (AvgIpc) is 3.39. The molecule has 2 aromatic carbocycles. The fraction of sp³-hybridized carbons (Fsp3) is 0.444. The number of amidine groups is 1. The maximum atomic E-state index is 14.0. The predicted molar refractivity (Wildman–Crippen MR) is 149 cm³/mol. The van der Waals surface area contributed by atoms with Gasteiger partial charge >= 0.3 is 6.36 Å². The van der Waals surface area contributed by atoms with Gasteiger partial charge in [-0.05, 0) is 48.6 Å². The van der Waals surface area contributed by atoms with Gasteiger partial charge in [-0.2, -0.15) is 4.31 Å². The van der Waals surface area contributed by atoms with E-state index in [1.54, 1.807) is 0 Å². The molecule has 234 valence electrons. The Balaban J connectivity index is 1.52. The van der Waals surface area contributed by atoms with Gasteiger partial charge in [-0.1, -0.05) is 43.0 Å². The number of hydrogen-bond acceptors (Lipinski definition) is 7. The highest BCUT2D eigenvalue weighted by Gasteiger charge is 2.41. The van der Waals surface area contributed by atoms with Gasteiger partial charge in [-0.15, -0.1) is 13.2 Å². The van der Waals surface area contributed by atoms with E-state index in [0.29, 0.717) is 17.2 Å². The van der Waals surface area contributed by atoms with Gasteiger partial charge in [0.05, 0.1) is 10.6 Å². The lowest BCUT2D eigenvalue weighted by molar-refractivity contribution is -0.274. The van der Waals surface area contributed by atoms with Crippen LogP contribution in [0, 0.1) is 5.92 Å². The van der Waals surface area contributed by atoms with Crippen molar-refractivity contribution in [3.8, 4) is 5.75 Å². The molecule has 2 amide bonds. The summed E-state index contributed by atoms with van der Waals surface area (Å²) in [5, 5.41) is 5.74. The average molecular weight is 649 g/mol. The fourth-order valence-corrected chi connectivity index (χ4v) is 6.96. The Kier molecular flexibility index (Phi) is 10.0. The van der Waals surface area contributed by atoms with Crippen molar-refractivity contribution < 1.29 is 44.7 Å². The van der Waals surface area contributed by atoms with Crippen LogP contribution < -0.4 is 15.4 Å². The van der Waals surface area contributed by atoms with Crippen LogP contribution in [0.5, 0.6) is 5.75 Å². The first-order chi connectivity index (χ1) is 20.2. The van der Waals surface area contributed by atoms with Crippen molar-refractivity contribution >= 4 is 38.8 Å². The normalized spacial score (nSPS) is 21.1. The molecule has 4 rings (SSSR count). The zero-order valence-electron chi connectivity index (χ0n) is 22.9. The number of sulfonamides is 1. The van der Waals surface area contributed by atoms with Crippen LogP contribution in [0.3, 0.4) is 0 Å². The van der Waals surface area contributed by atoms with Crippen LogP contribution in [0.2, 0.25) is 0 Å². The number of carbonyl (C=O) groups excluding carboxylic acids is 2. The summed E-state index contributed by atoms with van der Waals surface area (Å²) < 4.78 is 97.5. The van der Waals surface area contributed by atoms with Crippen LogP contribution in [-0.4, -0.2) is 61.0 Å². The van der Waals surface area contributed by atoms with Gasteiger partial charge in [-0.3, -0.25) is 14.6 Å². The minimum atomic E-state index is -4.95. The number of nitrogens with one attached hydrogen (secondary N) is 2. The number of halogens is 5. The second kappa shape index (κ2) is 13.2. The first-order valence-corrected chi connectivity index (χ1v) is 15.7. The van der Waals surface area contributed by atoms with Crippen LogP contribution in [0.4, 0.5) is 22.0 Å². The topological polar surface area (TPSA) is 117 Å². The quantitative estimate of drug-likeness (QED) is 0.370. The third kappa shape index (κ3) is 8.44. The van der Waals surface area contributed by atoms with E-state index in [1.165, 1.54) is 43.0 Å². The number of aliphatic imine (C=N–C) groups is 1. The molecule has 43 heavy (non-hydrogen) atoms. The Hall–Kier alpha value is -3.24. The SMILES string of the molecule is CCC(F)(F)c1ccc(CNC(=O)[C@H]2C[C@H](CN=C3NC(=O)CS3)CCN2S(=O)(=O)c2ccc(OC(F)(F)F)cc2)cc1. The number of amides is 2. The highest BCUT2D eigenvalue weighted by molar-refractivity contribution is 8.15. The van der Waals surface area contributed by atoms with E-state index in [1.807, 2.05) is 0 Å². The maximum absolute atomic E-state index is 14.0. The molecule has 0 saturated carbocycles. The van der Waals surface area contributed by atoms with Crippen molar-refractivity contribution in [3.63, 3.8) is 0 Å². The van der Waals surface area contributed by atoms with Gasteiger partial charge in [0.2, 0.25) is 21.8 Å². The van der Waals surface area contributed by atoms with E-state index in [2.05, 4.69) is 20.4 Å². The zero-order valence-corrected chi connectivity index (χ0v) is 24.5. The molecule has 2 saturated heterocycles. The molecule has 2 aliphatic rings. The number of rotatable bonds is 10. The van der Waals surface area contributed by atoms with Crippen molar-refractivity contribution in [1.82, 2.24) is 14.9 Å². The van der Waals surface area contributed by atoms with Crippen molar-refractivity contribution in [2.45, 2.75) is 56.0 Å². The maximum Gasteiger partial charge on any atom is 0.573 e. The number of hydrogen-bond donors (Lipinski definition) is 2. The van der Waals surface area contributed by atoms with E-state index >= 15 is 0 Å². The molecule has 2 heterocycles. The molecule has 16 heteroatoms. The number of thioether (sulfide) groups is 1. The van der Waals surface area contributed by atoms with E-state index in [4.69, 9.17) is 0 Å². The van der Waals surface area contributed by atoms with Gasteiger partial charge < -0.3 is 15.4 Å². The number of alkyl halides is 5. The summed E-state index contributed by atoms with van der Waals surface area (Å²) in [5.74, 6) is -4.38. The molecule has 2 fully saturated rings. The molecular formula is C27H29F5N4O5S2. The smallest absolute Gasteiger partial charge is 0.406 e. The molecule has 0 aliphatic carbocycles. The molecule has 0 aromatic heterocycles. The molecule has 2 aromatic rings. The van der Waals surface area contributed by atoms with Gasteiger partial charge in [0, 0.05) is 31.6 Å². The molecule has 0 bridgehead atoms. The van der Waals surface area contributed by atoms with E-state index in [9.17, 15) is 40.0 Å². The summed E-state index contributed by atoms with van der Waals surface area (Å²) >= 11 is 1.24. The largest absolute Gasteiger partial charge is 0.573 e. The van der Waals surface area contributed by atoms with E-state index < -0.39 is 40.0 Å². The Morgan fingerprint density at radius 2 is 1.79 bits per heavy atom. The summed E-state index contributed by atoms with van der Waals surface area (Å²) in [7, 11) is -4.33. The van der Waals surface area contributed by atoms with Crippen molar-refractivity contribution in [3.05, 3.63) is 59.7 Å². The first kappa shape index (κ1) is 32.7. The number of carbonyl (C=O) groups is 2. The highest BCUT2D eigenvalue weighted by Crippen LogP contribution is 2.33. The minimum absolute atomic E-state index is 0.0552. The molecular weight excluding hydrogens is 619 g/mol. The van der Waals surface area contributed by atoms with Crippen LogP contribution in [0.25, 0.3) is 0 Å². The van der Waals surface area contributed by atoms with Gasteiger partial charge in [0.1, 0.15) is 11.8 Å². The van der Waals surface area contributed by atoms with Crippen molar-refractivity contribution in [2.24, 2.45) is 10.9 Å². The summed E-state index contributed by atoms with van der Waals surface area (Å²) in [6.07, 6.45) is -4.91. The second-order valence-corrected chi connectivity index (χ2v) is 12.9. The van der Waals surface area contributed by atoms with E-state index in [0.717, 1.165) is 28.6 Å². The van der Waals surface area contributed by atoms with Crippen LogP contribution >= 0.6 is 11.8 Å². The summed E-state index contributed by atoms with van der Waals surface area (Å²) in [6.45, 7) is 1.47.